The highest BCUT2D eigenvalue weighted by atomic mass is 79.9. The Labute approximate surface area is 221 Å². The summed E-state index contributed by atoms with van der Waals surface area (Å²) in [7, 11) is 0. The second-order valence-corrected chi connectivity index (χ2v) is 11.1. The van der Waals surface area contributed by atoms with E-state index in [1.807, 2.05) is 82.7 Å². The Morgan fingerprint density at radius 1 is 1.03 bits per heavy atom. The molecular formula is C24H17BrN6OS3. The summed E-state index contributed by atoms with van der Waals surface area (Å²) in [5.41, 5.74) is 6.46. The van der Waals surface area contributed by atoms with Gasteiger partial charge in [0.25, 0.3) is 5.91 Å². The number of nitrogens with one attached hydrogen (secondary N) is 1. The number of pyridine rings is 1. The van der Waals surface area contributed by atoms with Crippen LogP contribution in [-0.2, 0) is 4.79 Å². The van der Waals surface area contributed by atoms with Crippen LogP contribution in [0.3, 0.4) is 0 Å². The molecule has 3 aromatic heterocycles. The van der Waals surface area contributed by atoms with Gasteiger partial charge < -0.3 is 0 Å². The summed E-state index contributed by atoms with van der Waals surface area (Å²) < 4.78 is 3.75. The van der Waals surface area contributed by atoms with Crippen molar-refractivity contribution < 1.29 is 4.79 Å². The third kappa shape index (κ3) is 5.76. The number of para-hydroxylation sites is 1. The summed E-state index contributed by atoms with van der Waals surface area (Å²) in [6.45, 7) is 0. The van der Waals surface area contributed by atoms with Crippen LogP contribution in [0.5, 0.6) is 0 Å². The van der Waals surface area contributed by atoms with Gasteiger partial charge in [0.15, 0.2) is 9.35 Å². The molecule has 0 unspecified atom stereocenters. The van der Waals surface area contributed by atoms with Gasteiger partial charge in [0.2, 0.25) is 4.80 Å². The summed E-state index contributed by atoms with van der Waals surface area (Å²) in [5.74, 6) is -0.0424. The third-order valence-electron chi connectivity index (χ3n) is 4.76. The molecule has 2 aromatic carbocycles. The van der Waals surface area contributed by atoms with E-state index in [1.165, 1.54) is 34.4 Å². The number of carbonyl (C=O) groups excluding carboxylic acids is 1. The van der Waals surface area contributed by atoms with Crippen LogP contribution in [0, 0.1) is 0 Å². The molecule has 11 heteroatoms. The Kier molecular flexibility index (Phi) is 7.48. The van der Waals surface area contributed by atoms with Crippen LogP contribution < -0.4 is 10.2 Å². The fourth-order valence-electron chi connectivity index (χ4n) is 3.17. The Balaban J connectivity index is 1.33. The summed E-state index contributed by atoms with van der Waals surface area (Å²) >= 11 is 7.68. The zero-order valence-electron chi connectivity index (χ0n) is 18.0. The van der Waals surface area contributed by atoms with Crippen LogP contribution in [0.4, 0.5) is 0 Å². The van der Waals surface area contributed by atoms with Crippen molar-refractivity contribution >= 4 is 56.3 Å². The van der Waals surface area contributed by atoms with Crippen LogP contribution in [0.15, 0.2) is 98.3 Å². The lowest BCUT2D eigenvalue weighted by Crippen LogP contribution is -2.25. The largest absolute Gasteiger partial charge is 0.284 e. The van der Waals surface area contributed by atoms with E-state index in [1.54, 1.807) is 6.20 Å². The predicted molar refractivity (Wildman–Crippen MR) is 144 cm³/mol. The van der Waals surface area contributed by atoms with E-state index in [2.05, 4.69) is 41.6 Å². The first-order valence-electron chi connectivity index (χ1n) is 10.4. The highest BCUT2D eigenvalue weighted by molar-refractivity contribution is 9.10. The van der Waals surface area contributed by atoms with Crippen molar-refractivity contribution in [3.8, 4) is 27.6 Å². The molecule has 0 spiro atoms. The second kappa shape index (κ2) is 11.1. The van der Waals surface area contributed by atoms with Gasteiger partial charge in [-0.05, 0) is 42.0 Å². The van der Waals surface area contributed by atoms with E-state index in [4.69, 9.17) is 0 Å². The van der Waals surface area contributed by atoms with E-state index in [0.29, 0.717) is 9.14 Å². The standard InChI is InChI=1S/C24H17BrN6OS3/c25-17-11-9-16(10-12-17)20-14-33-23(31(20)18-6-2-1-3-7-18)29-27-21(32)15-34-24-30-28-22(35-24)19-8-4-5-13-26-19/h1-14H,15H2,(H,27,32)/b29-23+. The minimum atomic E-state index is -0.220. The molecule has 0 fully saturated rings. The number of carbonyl (C=O) groups is 1. The Morgan fingerprint density at radius 2 is 1.83 bits per heavy atom. The molecule has 0 saturated heterocycles. The number of aromatic nitrogens is 4. The summed E-state index contributed by atoms with van der Waals surface area (Å²) in [6, 6.07) is 23.7. The van der Waals surface area contributed by atoms with E-state index in [9.17, 15) is 4.79 Å². The molecule has 0 aliphatic rings. The number of rotatable bonds is 7. The average molecular weight is 582 g/mol. The number of thiazole rings is 1. The fourth-order valence-corrected chi connectivity index (χ4v) is 5.92. The Bertz CT molecular complexity index is 1500. The normalized spacial score (nSPS) is 11.5. The minimum Gasteiger partial charge on any atom is -0.284 e. The van der Waals surface area contributed by atoms with Crippen LogP contribution in [0.2, 0.25) is 0 Å². The lowest BCUT2D eigenvalue weighted by Gasteiger charge is -2.09. The van der Waals surface area contributed by atoms with Crippen LogP contribution in [0.25, 0.3) is 27.6 Å². The van der Waals surface area contributed by atoms with Crippen molar-refractivity contribution in [1.82, 2.24) is 25.2 Å². The molecule has 3 heterocycles. The molecule has 0 saturated carbocycles. The van der Waals surface area contributed by atoms with Crippen molar-refractivity contribution in [3.05, 3.63) is 93.6 Å². The second-order valence-electron chi connectivity index (χ2n) is 7.10. The summed E-state index contributed by atoms with van der Waals surface area (Å²) in [6.07, 6.45) is 1.72. The van der Waals surface area contributed by atoms with Gasteiger partial charge in [-0.25, -0.2) is 5.43 Å². The van der Waals surface area contributed by atoms with E-state index >= 15 is 0 Å². The zero-order valence-corrected chi connectivity index (χ0v) is 22.1. The highest BCUT2D eigenvalue weighted by Crippen LogP contribution is 2.28. The molecule has 0 bridgehead atoms. The van der Waals surface area contributed by atoms with Gasteiger partial charge in [-0.15, -0.1) is 26.6 Å². The third-order valence-corrected chi connectivity index (χ3v) is 8.19. The van der Waals surface area contributed by atoms with Crippen molar-refractivity contribution in [2.75, 3.05) is 5.75 Å². The molecular weight excluding hydrogens is 564 g/mol. The Morgan fingerprint density at radius 3 is 2.60 bits per heavy atom. The first-order chi connectivity index (χ1) is 17.2. The van der Waals surface area contributed by atoms with E-state index < -0.39 is 0 Å². The van der Waals surface area contributed by atoms with Crippen molar-refractivity contribution in [2.45, 2.75) is 4.34 Å². The number of thioether (sulfide) groups is 1. The number of amides is 1. The molecule has 1 N–H and O–H groups in total. The van der Waals surface area contributed by atoms with Gasteiger partial charge in [-0.3, -0.25) is 14.3 Å². The molecule has 1 amide bonds. The van der Waals surface area contributed by atoms with Crippen LogP contribution in [-0.4, -0.2) is 31.4 Å². The number of hydrogen-bond donors (Lipinski definition) is 1. The molecule has 0 aliphatic carbocycles. The fraction of sp³-hybridized carbons (Fsp3) is 0.0417. The molecule has 5 rings (SSSR count). The number of halogens is 1. The average Bonchev–Trinajstić information content (AvgIpc) is 3.55. The van der Waals surface area contributed by atoms with Crippen molar-refractivity contribution in [2.24, 2.45) is 5.10 Å². The number of benzene rings is 2. The highest BCUT2D eigenvalue weighted by Gasteiger charge is 2.12. The topological polar surface area (TPSA) is 85.1 Å². The molecule has 35 heavy (non-hydrogen) atoms. The maximum atomic E-state index is 12.5. The first-order valence-corrected chi connectivity index (χ1v) is 13.9. The van der Waals surface area contributed by atoms with Gasteiger partial charge >= 0.3 is 0 Å². The minimum absolute atomic E-state index is 0.177. The van der Waals surface area contributed by atoms with Crippen molar-refractivity contribution in [1.29, 1.82) is 0 Å². The lowest BCUT2D eigenvalue weighted by atomic mass is 10.1. The van der Waals surface area contributed by atoms with Crippen LogP contribution in [0.1, 0.15) is 0 Å². The molecule has 5 aromatic rings. The predicted octanol–water partition coefficient (Wildman–Crippen LogP) is 5.61. The van der Waals surface area contributed by atoms with Gasteiger partial charge in [0.1, 0.15) is 5.69 Å². The summed E-state index contributed by atoms with van der Waals surface area (Å²) in [4.78, 5) is 17.5. The molecule has 0 radical (unpaired) electrons. The quantitative estimate of drug-likeness (QED) is 0.200. The summed E-state index contributed by atoms with van der Waals surface area (Å²) in [5, 5.41) is 15.5. The smallest absolute Gasteiger partial charge is 0.250 e. The van der Waals surface area contributed by atoms with E-state index in [0.717, 1.165) is 32.1 Å². The maximum absolute atomic E-state index is 12.5. The first kappa shape index (κ1) is 23.6. The SMILES string of the molecule is O=C(CSc1nnc(-c2ccccn2)s1)N/N=c1/scc(-c2ccc(Br)cc2)n1-c1ccccc1. The Hall–Kier alpha value is -3.12. The van der Waals surface area contributed by atoms with Crippen LogP contribution >= 0.6 is 50.4 Å². The molecule has 0 atom stereocenters. The van der Waals surface area contributed by atoms with E-state index in [-0.39, 0.29) is 11.7 Å². The number of hydrogen-bond acceptors (Lipinski definition) is 8. The van der Waals surface area contributed by atoms with Gasteiger partial charge in [0.05, 0.1) is 11.4 Å². The maximum Gasteiger partial charge on any atom is 0.250 e. The zero-order chi connectivity index (χ0) is 24.0. The van der Waals surface area contributed by atoms with Crippen molar-refractivity contribution in [3.63, 3.8) is 0 Å². The molecule has 7 nitrogen and oxygen atoms in total. The number of nitrogens with zero attached hydrogens (tertiary/aromatic N) is 5. The van der Waals surface area contributed by atoms with Gasteiger partial charge in [0, 0.05) is 21.7 Å². The molecule has 174 valence electrons. The van der Waals surface area contributed by atoms with Gasteiger partial charge in [-0.2, -0.15) is 0 Å². The van der Waals surface area contributed by atoms with Gasteiger partial charge in [-0.1, -0.05) is 75.4 Å². The molecule has 0 aliphatic heterocycles. The monoisotopic (exact) mass is 580 g/mol. The lowest BCUT2D eigenvalue weighted by molar-refractivity contribution is -0.118.